The van der Waals surface area contributed by atoms with E-state index in [0.29, 0.717) is 28.1 Å². The fourth-order valence-electron chi connectivity index (χ4n) is 2.38. The molecule has 0 N–H and O–H groups in total. The summed E-state index contributed by atoms with van der Waals surface area (Å²) in [7, 11) is 0. The van der Waals surface area contributed by atoms with Crippen LogP contribution in [0.15, 0.2) is 47.8 Å². The minimum atomic E-state index is 0.484. The highest BCUT2D eigenvalue weighted by Crippen LogP contribution is 2.22. The van der Waals surface area contributed by atoms with E-state index in [0.717, 1.165) is 11.3 Å². The van der Waals surface area contributed by atoms with Crippen LogP contribution >= 0.6 is 11.8 Å². The molecular weight excluding hydrogens is 322 g/mol. The summed E-state index contributed by atoms with van der Waals surface area (Å²) < 4.78 is 1.69. The van der Waals surface area contributed by atoms with Crippen LogP contribution in [0.2, 0.25) is 0 Å². The first-order valence-corrected chi connectivity index (χ1v) is 8.51. The van der Waals surface area contributed by atoms with Crippen molar-refractivity contribution in [2.24, 2.45) is 0 Å². The van der Waals surface area contributed by atoms with Gasteiger partial charge in [0, 0.05) is 11.8 Å². The molecule has 7 nitrogen and oxygen atoms in total. The molecule has 0 aliphatic rings. The van der Waals surface area contributed by atoms with E-state index in [9.17, 15) is 0 Å². The Morgan fingerprint density at radius 3 is 2.62 bits per heavy atom. The molecule has 0 unspecified atom stereocenters. The summed E-state index contributed by atoms with van der Waals surface area (Å²) >= 11 is 1.47. The molecule has 24 heavy (non-hydrogen) atoms. The summed E-state index contributed by atoms with van der Waals surface area (Å²) in [4.78, 5) is 13.3. The van der Waals surface area contributed by atoms with Gasteiger partial charge in [-0.05, 0) is 19.2 Å². The highest BCUT2D eigenvalue weighted by Gasteiger charge is 2.14. The molecule has 0 saturated heterocycles. The Hall–Kier alpha value is -2.87. The average Bonchev–Trinajstić information content (AvgIpc) is 3.07. The number of thioether (sulfide) groups is 1. The molecule has 0 fully saturated rings. The van der Waals surface area contributed by atoms with Gasteiger partial charge < -0.3 is 0 Å². The van der Waals surface area contributed by atoms with Crippen molar-refractivity contribution in [1.82, 2.24) is 34.8 Å². The van der Waals surface area contributed by atoms with Crippen molar-refractivity contribution in [3.05, 3.63) is 48.3 Å². The molecule has 4 rings (SSSR count). The van der Waals surface area contributed by atoms with Gasteiger partial charge in [-0.15, -0.1) is 15.3 Å². The second kappa shape index (κ2) is 5.97. The molecule has 3 heterocycles. The summed E-state index contributed by atoms with van der Waals surface area (Å²) in [6.45, 7) is 1.93. The zero-order valence-corrected chi connectivity index (χ0v) is 13.9. The molecule has 0 aliphatic carbocycles. The Kier molecular flexibility index (Phi) is 3.66. The van der Waals surface area contributed by atoms with Crippen LogP contribution in [0.1, 0.15) is 5.69 Å². The van der Waals surface area contributed by atoms with Gasteiger partial charge in [-0.3, -0.25) is 0 Å². The second-order valence-electron chi connectivity index (χ2n) is 5.08. The third-order valence-corrected chi connectivity index (χ3v) is 4.12. The maximum atomic E-state index is 4.63. The molecular formula is C16H13N7S. The topological polar surface area (TPSA) is 81.8 Å². The first kappa shape index (κ1) is 14.7. The molecule has 8 heteroatoms. The number of hydrogen-bond donors (Lipinski definition) is 0. The van der Waals surface area contributed by atoms with E-state index < -0.39 is 0 Å². The monoisotopic (exact) mass is 335 g/mol. The van der Waals surface area contributed by atoms with E-state index in [2.05, 4.69) is 30.2 Å². The molecule has 4 aromatic rings. The van der Waals surface area contributed by atoms with Gasteiger partial charge in [-0.1, -0.05) is 42.1 Å². The molecule has 0 amide bonds. The molecule has 3 aromatic heterocycles. The zero-order chi connectivity index (χ0) is 16.5. The van der Waals surface area contributed by atoms with Crippen LogP contribution in [-0.4, -0.2) is 41.0 Å². The van der Waals surface area contributed by atoms with Gasteiger partial charge in [0.2, 0.25) is 5.16 Å². The van der Waals surface area contributed by atoms with Crippen LogP contribution in [0.3, 0.4) is 0 Å². The van der Waals surface area contributed by atoms with Crippen LogP contribution in [0, 0.1) is 6.92 Å². The molecule has 0 spiro atoms. The fourth-order valence-corrected chi connectivity index (χ4v) is 2.72. The number of aryl methyl sites for hydroxylation is 1. The summed E-state index contributed by atoms with van der Waals surface area (Å²) in [5.41, 5.74) is 3.17. The fraction of sp³-hybridized carbons (Fsp3) is 0.125. The number of aromatic nitrogens is 7. The van der Waals surface area contributed by atoms with Crippen molar-refractivity contribution in [1.29, 1.82) is 0 Å². The highest BCUT2D eigenvalue weighted by atomic mass is 32.2. The van der Waals surface area contributed by atoms with Gasteiger partial charge in [0.15, 0.2) is 5.82 Å². The van der Waals surface area contributed by atoms with E-state index >= 15 is 0 Å². The summed E-state index contributed by atoms with van der Waals surface area (Å²) in [5, 5.41) is 13.5. The van der Waals surface area contributed by atoms with Crippen molar-refractivity contribution in [2.75, 3.05) is 6.26 Å². The predicted octanol–water partition coefficient (Wildman–Crippen LogP) is 2.67. The predicted molar refractivity (Wildman–Crippen MR) is 91.6 cm³/mol. The number of fused-ring (bicyclic) bond motifs is 1. The lowest BCUT2D eigenvalue weighted by molar-refractivity contribution is 0.824. The quantitative estimate of drug-likeness (QED) is 0.532. The largest absolute Gasteiger partial charge is 0.272 e. The molecule has 118 valence electrons. The van der Waals surface area contributed by atoms with E-state index in [1.807, 2.05) is 49.6 Å². The van der Waals surface area contributed by atoms with Crippen molar-refractivity contribution >= 4 is 17.5 Å². The molecule has 0 atom stereocenters. The Morgan fingerprint density at radius 1 is 1.00 bits per heavy atom. The molecule has 0 saturated carbocycles. The Balaban J connectivity index is 1.84. The lowest BCUT2D eigenvalue weighted by Crippen LogP contribution is -2.04. The van der Waals surface area contributed by atoms with Gasteiger partial charge in [0.1, 0.15) is 5.69 Å². The summed E-state index contributed by atoms with van der Waals surface area (Å²) in [6, 6.07) is 11.7. The Bertz CT molecular complexity index is 1010. The average molecular weight is 335 g/mol. The lowest BCUT2D eigenvalue weighted by Gasteiger charge is -2.06. The minimum Gasteiger partial charge on any atom is -0.237 e. The SMILES string of the molecule is CSc1nc2nnc(-c3ccnc(-c4ccccc4)n3)c(C)n2n1. The highest BCUT2D eigenvalue weighted by molar-refractivity contribution is 7.98. The third kappa shape index (κ3) is 2.50. The van der Waals surface area contributed by atoms with Gasteiger partial charge in [0.05, 0.1) is 11.4 Å². The van der Waals surface area contributed by atoms with Crippen LogP contribution < -0.4 is 0 Å². The van der Waals surface area contributed by atoms with Gasteiger partial charge >= 0.3 is 0 Å². The van der Waals surface area contributed by atoms with Crippen LogP contribution in [-0.2, 0) is 0 Å². The van der Waals surface area contributed by atoms with Gasteiger partial charge in [0.25, 0.3) is 5.78 Å². The van der Waals surface area contributed by atoms with Gasteiger partial charge in [-0.2, -0.15) is 9.50 Å². The maximum absolute atomic E-state index is 4.63. The number of hydrogen-bond acceptors (Lipinski definition) is 7. The lowest BCUT2D eigenvalue weighted by atomic mass is 10.2. The zero-order valence-electron chi connectivity index (χ0n) is 13.1. The Labute approximate surface area is 142 Å². The smallest absolute Gasteiger partial charge is 0.237 e. The first-order chi connectivity index (χ1) is 11.8. The van der Waals surface area contributed by atoms with E-state index in [1.165, 1.54) is 11.8 Å². The van der Waals surface area contributed by atoms with Crippen molar-refractivity contribution in [3.8, 4) is 22.8 Å². The van der Waals surface area contributed by atoms with Crippen molar-refractivity contribution < 1.29 is 0 Å². The third-order valence-electron chi connectivity index (χ3n) is 3.58. The molecule has 1 aromatic carbocycles. The van der Waals surface area contributed by atoms with Crippen LogP contribution in [0.4, 0.5) is 0 Å². The Morgan fingerprint density at radius 2 is 1.83 bits per heavy atom. The number of nitrogens with zero attached hydrogens (tertiary/aromatic N) is 7. The summed E-state index contributed by atoms with van der Waals surface area (Å²) in [6.07, 6.45) is 3.65. The number of benzene rings is 1. The molecule has 0 aliphatic heterocycles. The molecule has 0 radical (unpaired) electrons. The standard InChI is InChI=1S/C16H13N7S/c1-10-13(20-21-15-19-16(24-2)22-23(10)15)12-8-9-17-14(18-12)11-6-4-3-5-7-11/h3-9H,1-2H3. The summed E-state index contributed by atoms with van der Waals surface area (Å²) in [5.74, 6) is 1.13. The molecule has 0 bridgehead atoms. The van der Waals surface area contributed by atoms with Crippen molar-refractivity contribution in [2.45, 2.75) is 12.1 Å². The maximum Gasteiger partial charge on any atom is 0.272 e. The van der Waals surface area contributed by atoms with E-state index in [4.69, 9.17) is 0 Å². The van der Waals surface area contributed by atoms with E-state index in [1.54, 1.807) is 10.7 Å². The number of rotatable bonds is 3. The van der Waals surface area contributed by atoms with Crippen LogP contribution in [0.25, 0.3) is 28.6 Å². The first-order valence-electron chi connectivity index (χ1n) is 7.29. The van der Waals surface area contributed by atoms with E-state index in [-0.39, 0.29) is 0 Å². The van der Waals surface area contributed by atoms with Crippen LogP contribution in [0.5, 0.6) is 0 Å². The minimum absolute atomic E-state index is 0.484. The van der Waals surface area contributed by atoms with Gasteiger partial charge in [-0.25, -0.2) is 9.97 Å². The second-order valence-corrected chi connectivity index (χ2v) is 5.85. The van der Waals surface area contributed by atoms with Crippen molar-refractivity contribution in [3.63, 3.8) is 0 Å². The normalized spacial score (nSPS) is 11.1.